The minimum Gasteiger partial charge on any atom is -0.480 e. The van der Waals surface area contributed by atoms with Crippen LogP contribution in [0.5, 0.6) is 0 Å². The highest BCUT2D eigenvalue weighted by Crippen LogP contribution is 2.22. The van der Waals surface area contributed by atoms with Crippen LogP contribution in [-0.4, -0.2) is 20.6 Å². The van der Waals surface area contributed by atoms with Gasteiger partial charge in [0.1, 0.15) is 11.8 Å². The summed E-state index contributed by atoms with van der Waals surface area (Å²) in [4.78, 5) is 15.9. The molecule has 2 aromatic heterocycles. The van der Waals surface area contributed by atoms with Crippen molar-refractivity contribution in [1.29, 1.82) is 0 Å². The highest BCUT2D eigenvalue weighted by Gasteiger charge is 2.16. The van der Waals surface area contributed by atoms with Crippen molar-refractivity contribution in [1.82, 2.24) is 9.55 Å². The average molecular weight is 362 g/mol. The van der Waals surface area contributed by atoms with Crippen LogP contribution in [-0.2, 0) is 11.2 Å². The van der Waals surface area contributed by atoms with E-state index in [1.165, 1.54) is 0 Å². The number of nitrogens with zero attached hydrogens (tertiary/aromatic N) is 2. The van der Waals surface area contributed by atoms with Gasteiger partial charge < -0.3 is 14.1 Å². The van der Waals surface area contributed by atoms with Crippen molar-refractivity contribution in [3.05, 3.63) is 66.3 Å². The summed E-state index contributed by atoms with van der Waals surface area (Å²) in [5, 5.41) is 9.32. The maximum absolute atomic E-state index is 11.4. The van der Waals surface area contributed by atoms with Crippen LogP contribution in [0.1, 0.15) is 36.8 Å². The molecule has 1 N–H and O–H groups in total. The number of aromatic nitrogens is 2. The summed E-state index contributed by atoms with van der Waals surface area (Å²) in [6.07, 6.45) is 6.14. The van der Waals surface area contributed by atoms with Crippen LogP contribution in [0.2, 0.25) is 0 Å². The minimum atomic E-state index is -0.868. The van der Waals surface area contributed by atoms with E-state index in [1.54, 1.807) is 17.0 Å². The number of unbranched alkanes of at least 4 members (excludes halogenated alkanes) is 1. The fourth-order valence-corrected chi connectivity index (χ4v) is 2.84. The van der Waals surface area contributed by atoms with Crippen LogP contribution < -0.4 is 0 Å². The molecule has 0 aliphatic rings. The van der Waals surface area contributed by atoms with Crippen molar-refractivity contribution in [2.45, 2.75) is 38.6 Å². The summed E-state index contributed by atoms with van der Waals surface area (Å²) in [5.74, 6) is 6.68. The van der Waals surface area contributed by atoms with Gasteiger partial charge >= 0.3 is 5.97 Å². The standard InChI is InChI=1S/C22H22N2O3/c1-17-19(23-21(27-17)18-11-5-4-6-12-18)13-7-2-3-8-14-20(22(25)26)24-15-9-10-16-24/h4-6,9-12,15-16,20H,2,7,13-14H2,1H3,(H,25,26). The maximum Gasteiger partial charge on any atom is 0.327 e. The van der Waals surface area contributed by atoms with E-state index in [2.05, 4.69) is 16.8 Å². The number of hydrogen-bond acceptors (Lipinski definition) is 3. The number of aryl methyl sites for hydroxylation is 2. The number of oxazole rings is 1. The van der Waals surface area contributed by atoms with Gasteiger partial charge in [0.15, 0.2) is 0 Å². The van der Waals surface area contributed by atoms with Gasteiger partial charge in [0.25, 0.3) is 0 Å². The molecule has 3 rings (SSSR count). The first-order valence-corrected chi connectivity index (χ1v) is 8.98. The summed E-state index contributed by atoms with van der Waals surface area (Å²) >= 11 is 0. The number of hydrogen-bond donors (Lipinski definition) is 1. The van der Waals surface area contributed by atoms with Crippen LogP contribution in [0, 0.1) is 18.8 Å². The molecule has 5 nitrogen and oxygen atoms in total. The lowest BCUT2D eigenvalue weighted by molar-refractivity contribution is -0.140. The van der Waals surface area contributed by atoms with Crippen molar-refractivity contribution >= 4 is 5.97 Å². The second-order valence-electron chi connectivity index (χ2n) is 6.28. The van der Waals surface area contributed by atoms with Gasteiger partial charge in [-0.1, -0.05) is 18.2 Å². The highest BCUT2D eigenvalue weighted by molar-refractivity contribution is 5.72. The molecular weight excluding hydrogens is 340 g/mol. The van der Waals surface area contributed by atoms with E-state index in [9.17, 15) is 9.90 Å². The zero-order valence-corrected chi connectivity index (χ0v) is 15.3. The zero-order chi connectivity index (χ0) is 19.1. The Balaban J connectivity index is 1.50. The monoisotopic (exact) mass is 362 g/mol. The van der Waals surface area contributed by atoms with Crippen molar-refractivity contribution in [3.63, 3.8) is 0 Å². The minimum absolute atomic E-state index is 0.297. The summed E-state index contributed by atoms with van der Waals surface area (Å²) in [6.45, 7) is 1.93. The number of carboxylic acid groups (broad SMARTS) is 1. The van der Waals surface area contributed by atoms with Crippen LogP contribution in [0.25, 0.3) is 11.5 Å². The first-order valence-electron chi connectivity index (χ1n) is 8.98. The molecule has 0 radical (unpaired) electrons. The Kier molecular flexibility index (Phi) is 6.11. The SMILES string of the molecule is Cc1oc(-c2ccccc2)nc1CCCC#CCC(C(=O)O)n1cccc1. The Bertz CT molecular complexity index is 931. The van der Waals surface area contributed by atoms with Gasteiger partial charge in [0.2, 0.25) is 5.89 Å². The second-order valence-corrected chi connectivity index (χ2v) is 6.28. The molecule has 2 heterocycles. The predicted molar refractivity (Wildman–Crippen MR) is 103 cm³/mol. The normalized spacial score (nSPS) is 11.6. The average Bonchev–Trinajstić information content (AvgIpc) is 3.32. The molecule has 0 saturated carbocycles. The van der Waals surface area contributed by atoms with Gasteiger partial charge in [0.05, 0.1) is 5.69 Å². The molecule has 3 aromatic rings. The lowest BCUT2D eigenvalue weighted by Crippen LogP contribution is -2.16. The van der Waals surface area contributed by atoms with Crippen LogP contribution in [0.4, 0.5) is 0 Å². The van der Waals surface area contributed by atoms with E-state index in [-0.39, 0.29) is 0 Å². The van der Waals surface area contributed by atoms with Crippen LogP contribution in [0.15, 0.2) is 59.3 Å². The van der Waals surface area contributed by atoms with Gasteiger partial charge in [-0.25, -0.2) is 9.78 Å². The second kappa shape index (κ2) is 8.91. The lowest BCUT2D eigenvalue weighted by atomic mass is 10.1. The number of carboxylic acids is 1. The van der Waals surface area contributed by atoms with E-state index in [0.29, 0.717) is 18.7 Å². The summed E-state index contributed by atoms with van der Waals surface area (Å²) < 4.78 is 7.43. The molecule has 1 atom stereocenters. The molecule has 0 aliphatic carbocycles. The van der Waals surface area contributed by atoms with E-state index in [4.69, 9.17) is 4.42 Å². The number of rotatable bonds is 7. The Morgan fingerprint density at radius 3 is 2.63 bits per heavy atom. The summed E-state index contributed by atoms with van der Waals surface area (Å²) in [5.41, 5.74) is 1.92. The fraction of sp³-hybridized carbons (Fsp3) is 0.273. The quantitative estimate of drug-likeness (QED) is 0.496. The van der Waals surface area contributed by atoms with Gasteiger partial charge in [-0.2, -0.15) is 0 Å². The number of carbonyl (C=O) groups is 1. The van der Waals surface area contributed by atoms with Crippen LogP contribution in [0.3, 0.4) is 0 Å². The van der Waals surface area contributed by atoms with Crippen molar-refractivity contribution in [2.24, 2.45) is 0 Å². The lowest BCUT2D eigenvalue weighted by Gasteiger charge is -2.10. The molecule has 0 aliphatic heterocycles. The van der Waals surface area contributed by atoms with Crippen molar-refractivity contribution in [3.8, 4) is 23.3 Å². The third-order valence-electron chi connectivity index (χ3n) is 4.32. The number of aliphatic carboxylic acids is 1. The Morgan fingerprint density at radius 2 is 1.93 bits per heavy atom. The Morgan fingerprint density at radius 1 is 1.19 bits per heavy atom. The van der Waals surface area contributed by atoms with Gasteiger partial charge in [-0.05, 0) is 44.0 Å². The highest BCUT2D eigenvalue weighted by atomic mass is 16.4. The first-order chi connectivity index (χ1) is 13.1. The number of benzene rings is 1. The molecule has 0 spiro atoms. The summed E-state index contributed by atoms with van der Waals surface area (Å²) in [7, 11) is 0. The molecule has 1 unspecified atom stereocenters. The molecule has 27 heavy (non-hydrogen) atoms. The van der Waals surface area contributed by atoms with Crippen LogP contribution >= 0.6 is 0 Å². The van der Waals surface area contributed by atoms with Crippen molar-refractivity contribution < 1.29 is 14.3 Å². The zero-order valence-electron chi connectivity index (χ0n) is 15.3. The molecule has 0 fully saturated rings. The first kappa shape index (κ1) is 18.5. The molecule has 0 saturated heterocycles. The van der Waals surface area contributed by atoms with Crippen molar-refractivity contribution in [2.75, 3.05) is 0 Å². The summed E-state index contributed by atoms with van der Waals surface area (Å²) in [6, 6.07) is 12.8. The van der Waals surface area contributed by atoms with E-state index >= 15 is 0 Å². The van der Waals surface area contributed by atoms with E-state index < -0.39 is 12.0 Å². The third kappa shape index (κ3) is 4.89. The largest absolute Gasteiger partial charge is 0.480 e. The molecule has 5 heteroatoms. The molecule has 138 valence electrons. The topological polar surface area (TPSA) is 68.3 Å². The van der Waals surface area contributed by atoms with E-state index in [1.807, 2.05) is 49.4 Å². The Labute approximate surface area is 158 Å². The molecule has 1 aromatic carbocycles. The maximum atomic E-state index is 11.4. The molecule has 0 bridgehead atoms. The van der Waals surface area contributed by atoms with Gasteiger partial charge in [-0.15, -0.1) is 11.8 Å². The van der Waals surface area contributed by atoms with Gasteiger partial charge in [0, 0.05) is 30.8 Å². The smallest absolute Gasteiger partial charge is 0.327 e. The molecular formula is C22H22N2O3. The fourth-order valence-electron chi connectivity index (χ4n) is 2.84. The predicted octanol–water partition coefficient (Wildman–Crippen LogP) is 4.49. The molecule has 0 amide bonds. The van der Waals surface area contributed by atoms with Gasteiger partial charge in [-0.3, -0.25) is 0 Å². The third-order valence-corrected chi connectivity index (χ3v) is 4.32. The van der Waals surface area contributed by atoms with E-state index in [0.717, 1.165) is 29.9 Å². The Hall–Kier alpha value is -3.26.